The van der Waals surface area contributed by atoms with Gasteiger partial charge in [0.1, 0.15) is 0 Å². The standard InChI is InChI=1S/C18H27N5O/c1-14(2)16(23-11-9-22(3)10-12-23)13-19-18-20-17(24-21-18)15-7-5-4-6-8-15/h4-8,14,16H,9-13H2,1-3H3,(H,19,21). The van der Waals surface area contributed by atoms with Crippen LogP contribution in [-0.4, -0.2) is 65.8 Å². The third-order valence-electron chi connectivity index (χ3n) is 4.69. The largest absolute Gasteiger partial charge is 0.350 e. The Hall–Kier alpha value is -1.92. The zero-order chi connectivity index (χ0) is 16.9. The lowest BCUT2D eigenvalue weighted by atomic mass is 10.0. The van der Waals surface area contributed by atoms with E-state index in [0.717, 1.165) is 38.3 Å². The summed E-state index contributed by atoms with van der Waals surface area (Å²) in [6, 6.07) is 10.3. The van der Waals surface area contributed by atoms with E-state index in [9.17, 15) is 0 Å². The lowest BCUT2D eigenvalue weighted by molar-refractivity contribution is 0.0943. The second-order valence-corrected chi connectivity index (χ2v) is 6.82. The zero-order valence-corrected chi connectivity index (χ0v) is 14.8. The molecule has 3 rings (SSSR count). The van der Waals surface area contributed by atoms with Crippen molar-refractivity contribution >= 4 is 5.95 Å². The molecule has 1 aromatic carbocycles. The number of anilines is 1. The minimum atomic E-state index is 0.470. The molecule has 0 bridgehead atoms. The van der Waals surface area contributed by atoms with Crippen LogP contribution in [0.25, 0.3) is 11.5 Å². The van der Waals surface area contributed by atoms with E-state index in [1.165, 1.54) is 0 Å². The van der Waals surface area contributed by atoms with Gasteiger partial charge in [0.25, 0.3) is 11.8 Å². The molecule has 1 fully saturated rings. The first-order valence-corrected chi connectivity index (χ1v) is 8.69. The van der Waals surface area contributed by atoms with Crippen molar-refractivity contribution in [3.63, 3.8) is 0 Å². The van der Waals surface area contributed by atoms with E-state index in [2.05, 4.69) is 46.2 Å². The topological polar surface area (TPSA) is 57.4 Å². The van der Waals surface area contributed by atoms with Crippen molar-refractivity contribution in [2.45, 2.75) is 19.9 Å². The van der Waals surface area contributed by atoms with Gasteiger partial charge in [-0.25, -0.2) is 0 Å². The highest BCUT2D eigenvalue weighted by molar-refractivity contribution is 5.53. The molecule has 0 radical (unpaired) electrons. The summed E-state index contributed by atoms with van der Waals surface area (Å²) < 4.78 is 5.36. The van der Waals surface area contributed by atoms with E-state index >= 15 is 0 Å². The summed E-state index contributed by atoms with van der Waals surface area (Å²) in [5.41, 5.74) is 0.942. The van der Waals surface area contributed by atoms with Crippen LogP contribution in [0, 0.1) is 5.92 Å². The van der Waals surface area contributed by atoms with Crippen molar-refractivity contribution in [1.29, 1.82) is 0 Å². The van der Waals surface area contributed by atoms with Gasteiger partial charge in [-0.1, -0.05) is 32.0 Å². The molecule has 1 atom stereocenters. The van der Waals surface area contributed by atoms with Crippen molar-refractivity contribution in [1.82, 2.24) is 19.9 Å². The van der Waals surface area contributed by atoms with Crippen LogP contribution < -0.4 is 5.32 Å². The van der Waals surface area contributed by atoms with Crippen molar-refractivity contribution in [2.24, 2.45) is 5.92 Å². The maximum atomic E-state index is 5.36. The molecule has 6 nitrogen and oxygen atoms in total. The Morgan fingerprint density at radius 2 is 1.83 bits per heavy atom. The average Bonchev–Trinajstić information content (AvgIpc) is 3.06. The van der Waals surface area contributed by atoms with E-state index in [0.29, 0.717) is 23.8 Å². The predicted octanol–water partition coefficient (Wildman–Crippen LogP) is 2.42. The quantitative estimate of drug-likeness (QED) is 0.878. The molecule has 6 heteroatoms. The summed E-state index contributed by atoms with van der Waals surface area (Å²) in [4.78, 5) is 9.40. The van der Waals surface area contributed by atoms with E-state index in [-0.39, 0.29) is 0 Å². The van der Waals surface area contributed by atoms with Crippen molar-refractivity contribution < 1.29 is 4.52 Å². The maximum absolute atomic E-state index is 5.36. The number of nitrogens with zero attached hydrogens (tertiary/aromatic N) is 4. The first kappa shape index (κ1) is 16.9. The van der Waals surface area contributed by atoms with Crippen LogP contribution >= 0.6 is 0 Å². The Morgan fingerprint density at radius 1 is 1.12 bits per heavy atom. The summed E-state index contributed by atoms with van der Waals surface area (Å²) in [6.45, 7) is 9.86. The van der Waals surface area contributed by atoms with Gasteiger partial charge in [-0.15, -0.1) is 0 Å². The summed E-state index contributed by atoms with van der Waals surface area (Å²) in [5, 5.41) is 7.41. The fourth-order valence-corrected chi connectivity index (χ4v) is 3.13. The van der Waals surface area contributed by atoms with Crippen LogP contribution in [0.1, 0.15) is 13.8 Å². The molecule has 1 N–H and O–H groups in total. The minimum Gasteiger partial charge on any atom is -0.350 e. The Kier molecular flexibility index (Phi) is 5.48. The molecule has 1 aliphatic rings. The summed E-state index contributed by atoms with van der Waals surface area (Å²) >= 11 is 0. The van der Waals surface area contributed by atoms with Crippen LogP contribution in [0.5, 0.6) is 0 Å². The van der Waals surface area contributed by atoms with E-state index in [1.807, 2.05) is 30.3 Å². The van der Waals surface area contributed by atoms with Gasteiger partial charge in [-0.05, 0) is 30.3 Å². The first-order chi connectivity index (χ1) is 11.6. The highest BCUT2D eigenvalue weighted by Crippen LogP contribution is 2.19. The number of aromatic nitrogens is 2. The number of likely N-dealkylation sites (N-methyl/N-ethyl adjacent to an activating group) is 1. The Balaban J connectivity index is 1.60. The fourth-order valence-electron chi connectivity index (χ4n) is 3.13. The first-order valence-electron chi connectivity index (χ1n) is 8.69. The smallest absolute Gasteiger partial charge is 0.263 e. The molecule has 1 unspecified atom stereocenters. The maximum Gasteiger partial charge on any atom is 0.263 e. The summed E-state index contributed by atoms with van der Waals surface area (Å²) in [7, 11) is 2.18. The van der Waals surface area contributed by atoms with Gasteiger partial charge in [-0.2, -0.15) is 4.98 Å². The predicted molar refractivity (Wildman–Crippen MR) is 95.9 cm³/mol. The molecule has 2 heterocycles. The van der Waals surface area contributed by atoms with E-state index in [1.54, 1.807) is 0 Å². The third-order valence-corrected chi connectivity index (χ3v) is 4.69. The number of hydrogen-bond acceptors (Lipinski definition) is 6. The van der Waals surface area contributed by atoms with Crippen molar-refractivity contribution in [2.75, 3.05) is 45.1 Å². The molecule has 0 saturated carbocycles. The number of hydrogen-bond donors (Lipinski definition) is 1. The minimum absolute atomic E-state index is 0.470. The molecule has 2 aromatic rings. The molecule has 0 aliphatic carbocycles. The lowest BCUT2D eigenvalue weighted by Crippen LogP contribution is -2.52. The molecule has 1 aromatic heterocycles. The molecule has 1 saturated heterocycles. The summed E-state index contributed by atoms with van der Waals surface area (Å²) in [5.74, 6) is 1.69. The SMILES string of the molecule is CC(C)C(CNc1noc(-c2ccccc2)n1)N1CCN(C)CC1. The Morgan fingerprint density at radius 3 is 2.50 bits per heavy atom. The number of nitrogens with one attached hydrogen (secondary N) is 1. The zero-order valence-electron chi connectivity index (χ0n) is 14.8. The van der Waals surface area contributed by atoms with Gasteiger partial charge in [0.15, 0.2) is 0 Å². The second-order valence-electron chi connectivity index (χ2n) is 6.82. The van der Waals surface area contributed by atoms with E-state index < -0.39 is 0 Å². The number of rotatable bonds is 6. The molecule has 0 spiro atoms. The van der Waals surface area contributed by atoms with Crippen molar-refractivity contribution in [3.05, 3.63) is 30.3 Å². The second kappa shape index (κ2) is 7.77. The third kappa shape index (κ3) is 4.13. The summed E-state index contributed by atoms with van der Waals surface area (Å²) in [6.07, 6.45) is 0. The number of piperazine rings is 1. The van der Waals surface area contributed by atoms with Gasteiger partial charge < -0.3 is 14.7 Å². The molecule has 1 aliphatic heterocycles. The lowest BCUT2D eigenvalue weighted by Gasteiger charge is -2.39. The molecule has 0 amide bonds. The molecule has 130 valence electrons. The van der Waals surface area contributed by atoms with E-state index in [4.69, 9.17) is 4.52 Å². The van der Waals surface area contributed by atoms with Crippen LogP contribution in [-0.2, 0) is 0 Å². The highest BCUT2D eigenvalue weighted by atomic mass is 16.5. The highest BCUT2D eigenvalue weighted by Gasteiger charge is 2.25. The number of benzene rings is 1. The van der Waals surface area contributed by atoms with Gasteiger partial charge in [-0.3, -0.25) is 4.90 Å². The van der Waals surface area contributed by atoms with Gasteiger partial charge in [0.05, 0.1) is 0 Å². The van der Waals surface area contributed by atoms with Crippen LogP contribution in [0.2, 0.25) is 0 Å². The van der Waals surface area contributed by atoms with Gasteiger partial charge in [0.2, 0.25) is 0 Å². The molecular weight excluding hydrogens is 302 g/mol. The molecule has 24 heavy (non-hydrogen) atoms. The Labute approximate surface area is 143 Å². The molecular formula is C18H27N5O. The van der Waals surface area contributed by atoms with Gasteiger partial charge >= 0.3 is 0 Å². The Bertz CT molecular complexity index is 619. The van der Waals surface area contributed by atoms with Crippen LogP contribution in [0.15, 0.2) is 34.9 Å². The van der Waals surface area contributed by atoms with Gasteiger partial charge in [0, 0.05) is 44.3 Å². The normalized spacial score (nSPS) is 18.0. The fraction of sp³-hybridized carbons (Fsp3) is 0.556. The van der Waals surface area contributed by atoms with Crippen molar-refractivity contribution in [3.8, 4) is 11.5 Å². The monoisotopic (exact) mass is 329 g/mol. The van der Waals surface area contributed by atoms with Crippen LogP contribution in [0.3, 0.4) is 0 Å². The average molecular weight is 329 g/mol. The van der Waals surface area contributed by atoms with Crippen LogP contribution in [0.4, 0.5) is 5.95 Å².